The van der Waals surface area contributed by atoms with E-state index in [-0.39, 0.29) is 10.8 Å². The molecule has 0 unspecified atom stereocenters. The van der Waals surface area contributed by atoms with Crippen molar-refractivity contribution in [3.05, 3.63) is 24.3 Å². The summed E-state index contributed by atoms with van der Waals surface area (Å²) in [6.45, 7) is 0. The lowest BCUT2D eigenvalue weighted by atomic mass is 10.2. The number of nitrogens with one attached hydrogen (secondary N) is 1. The minimum Gasteiger partial charge on any atom is -0.508 e. The minimum atomic E-state index is -3.71. The first kappa shape index (κ1) is 9.04. The summed E-state index contributed by atoms with van der Waals surface area (Å²) >= 11 is 0. The molecule has 74 valence electrons. The molecule has 6 heteroatoms. The SMILES string of the molecule is NS(=O)(=O)c1cc2ccc(O)cc2[nH]1. The summed E-state index contributed by atoms with van der Waals surface area (Å²) in [4.78, 5) is 2.60. The number of phenols is 1. The van der Waals surface area contributed by atoms with E-state index in [4.69, 9.17) is 10.2 Å². The third-order valence-electron chi connectivity index (χ3n) is 1.89. The van der Waals surface area contributed by atoms with E-state index >= 15 is 0 Å². The fraction of sp³-hybridized carbons (Fsp3) is 0. The minimum absolute atomic E-state index is 0.0573. The maximum absolute atomic E-state index is 11.0. The van der Waals surface area contributed by atoms with Crippen LogP contribution < -0.4 is 5.14 Å². The van der Waals surface area contributed by atoms with Crippen LogP contribution in [0.15, 0.2) is 29.3 Å². The molecule has 0 fully saturated rings. The summed E-state index contributed by atoms with van der Waals surface area (Å²) in [6.07, 6.45) is 0. The van der Waals surface area contributed by atoms with Gasteiger partial charge in [-0.2, -0.15) is 0 Å². The lowest BCUT2D eigenvalue weighted by Crippen LogP contribution is -2.12. The van der Waals surface area contributed by atoms with Gasteiger partial charge >= 0.3 is 0 Å². The Morgan fingerprint density at radius 2 is 2.00 bits per heavy atom. The Morgan fingerprint density at radius 1 is 1.29 bits per heavy atom. The van der Waals surface area contributed by atoms with Crippen LogP contribution in [0.4, 0.5) is 0 Å². The van der Waals surface area contributed by atoms with Crippen LogP contribution >= 0.6 is 0 Å². The summed E-state index contributed by atoms with van der Waals surface area (Å²) in [5.41, 5.74) is 0.536. The Morgan fingerprint density at radius 3 is 2.64 bits per heavy atom. The zero-order valence-electron chi connectivity index (χ0n) is 7.06. The number of hydrogen-bond acceptors (Lipinski definition) is 3. The van der Waals surface area contributed by atoms with Gasteiger partial charge in [0.25, 0.3) is 10.0 Å². The summed E-state index contributed by atoms with van der Waals surface area (Å²) in [5.74, 6) is 0.0697. The molecule has 0 radical (unpaired) electrons. The van der Waals surface area contributed by atoms with Gasteiger partial charge in [-0.1, -0.05) is 0 Å². The fourth-order valence-electron chi connectivity index (χ4n) is 1.24. The van der Waals surface area contributed by atoms with Gasteiger partial charge in [-0.05, 0) is 18.2 Å². The van der Waals surface area contributed by atoms with Gasteiger partial charge in [0.2, 0.25) is 0 Å². The number of rotatable bonds is 1. The van der Waals surface area contributed by atoms with E-state index in [0.717, 1.165) is 0 Å². The first-order valence-corrected chi connectivity index (χ1v) is 5.36. The lowest BCUT2D eigenvalue weighted by Gasteiger charge is -1.90. The molecule has 2 rings (SSSR count). The number of aromatic hydroxyl groups is 1. The summed E-state index contributed by atoms with van der Waals surface area (Å²) < 4.78 is 21.9. The van der Waals surface area contributed by atoms with Crippen LogP contribution in [0.3, 0.4) is 0 Å². The summed E-state index contributed by atoms with van der Waals surface area (Å²) in [5, 5.41) is 14.7. The van der Waals surface area contributed by atoms with Crippen molar-refractivity contribution in [2.75, 3.05) is 0 Å². The molecule has 1 aromatic heterocycles. The smallest absolute Gasteiger partial charge is 0.253 e. The van der Waals surface area contributed by atoms with E-state index in [0.29, 0.717) is 10.9 Å². The molecule has 2 aromatic rings. The average molecular weight is 212 g/mol. The van der Waals surface area contributed by atoms with Crippen molar-refractivity contribution < 1.29 is 13.5 Å². The van der Waals surface area contributed by atoms with Crippen molar-refractivity contribution in [2.24, 2.45) is 5.14 Å². The van der Waals surface area contributed by atoms with Crippen molar-refractivity contribution in [3.63, 3.8) is 0 Å². The van der Waals surface area contributed by atoms with Gasteiger partial charge in [0.15, 0.2) is 0 Å². The van der Waals surface area contributed by atoms with Crippen LogP contribution in [-0.2, 0) is 10.0 Å². The second-order valence-corrected chi connectivity index (χ2v) is 4.48. The van der Waals surface area contributed by atoms with Crippen molar-refractivity contribution in [3.8, 4) is 5.75 Å². The molecule has 1 aromatic carbocycles. The zero-order chi connectivity index (χ0) is 10.3. The Labute approximate surface area is 80.2 Å². The van der Waals surface area contributed by atoms with Crippen molar-refractivity contribution in [1.29, 1.82) is 0 Å². The number of hydrogen-bond donors (Lipinski definition) is 3. The first-order chi connectivity index (χ1) is 6.47. The number of phenolic OH excluding ortho intramolecular Hbond substituents is 1. The molecular weight excluding hydrogens is 204 g/mol. The van der Waals surface area contributed by atoms with Crippen LogP contribution in [-0.4, -0.2) is 18.5 Å². The Balaban J connectivity index is 2.75. The van der Waals surface area contributed by atoms with Crippen LogP contribution in [0.25, 0.3) is 10.9 Å². The highest BCUT2D eigenvalue weighted by molar-refractivity contribution is 7.89. The van der Waals surface area contributed by atoms with Gasteiger partial charge in [0, 0.05) is 11.5 Å². The summed E-state index contributed by atoms with van der Waals surface area (Å²) in [7, 11) is -3.71. The molecule has 0 aliphatic carbocycles. The molecule has 0 saturated heterocycles. The van der Waals surface area contributed by atoms with E-state index in [1.165, 1.54) is 18.2 Å². The maximum atomic E-state index is 11.0. The normalized spacial score (nSPS) is 12.1. The third-order valence-corrected chi connectivity index (χ3v) is 2.72. The molecule has 4 N–H and O–H groups in total. The third kappa shape index (κ3) is 1.45. The molecule has 0 atom stereocenters. The number of sulfonamides is 1. The molecule has 0 amide bonds. The molecule has 1 heterocycles. The lowest BCUT2D eigenvalue weighted by molar-refractivity contribution is 0.476. The molecule has 0 spiro atoms. The standard InChI is InChI=1S/C8H8N2O3S/c9-14(12,13)8-3-5-1-2-6(11)4-7(5)10-8/h1-4,10-11H,(H2,9,12,13). The number of primary sulfonamides is 1. The van der Waals surface area contributed by atoms with E-state index in [2.05, 4.69) is 4.98 Å². The average Bonchev–Trinajstić information content (AvgIpc) is 2.45. The topological polar surface area (TPSA) is 96.2 Å². The quantitative estimate of drug-likeness (QED) is 0.643. The number of fused-ring (bicyclic) bond motifs is 1. The van der Waals surface area contributed by atoms with Gasteiger partial charge in [-0.25, -0.2) is 13.6 Å². The molecule has 14 heavy (non-hydrogen) atoms. The highest BCUT2D eigenvalue weighted by atomic mass is 32.2. The number of aromatic nitrogens is 1. The van der Waals surface area contributed by atoms with E-state index in [1.54, 1.807) is 6.07 Å². The highest BCUT2D eigenvalue weighted by Gasteiger charge is 2.11. The second kappa shape index (κ2) is 2.73. The van der Waals surface area contributed by atoms with Gasteiger partial charge in [-0.3, -0.25) is 0 Å². The number of benzene rings is 1. The van der Waals surface area contributed by atoms with Crippen LogP contribution in [0.5, 0.6) is 5.75 Å². The monoisotopic (exact) mass is 212 g/mol. The molecule has 0 bridgehead atoms. The van der Waals surface area contributed by atoms with Crippen molar-refractivity contribution >= 4 is 20.9 Å². The van der Waals surface area contributed by atoms with E-state index < -0.39 is 10.0 Å². The van der Waals surface area contributed by atoms with Gasteiger partial charge < -0.3 is 10.1 Å². The number of aromatic amines is 1. The van der Waals surface area contributed by atoms with Crippen LogP contribution in [0.1, 0.15) is 0 Å². The molecule has 0 saturated carbocycles. The van der Waals surface area contributed by atoms with Crippen molar-refractivity contribution in [1.82, 2.24) is 4.98 Å². The largest absolute Gasteiger partial charge is 0.508 e. The summed E-state index contributed by atoms with van der Waals surface area (Å²) in [6, 6.07) is 5.94. The van der Waals surface area contributed by atoms with Gasteiger partial charge in [0.1, 0.15) is 10.8 Å². The van der Waals surface area contributed by atoms with Crippen LogP contribution in [0.2, 0.25) is 0 Å². The van der Waals surface area contributed by atoms with Crippen LogP contribution in [0, 0.1) is 0 Å². The Bertz CT molecular complexity index is 586. The van der Waals surface area contributed by atoms with Gasteiger partial charge in [0.05, 0.1) is 5.52 Å². The van der Waals surface area contributed by atoms with Crippen molar-refractivity contribution in [2.45, 2.75) is 5.03 Å². The predicted octanol–water partition coefficient (Wildman–Crippen LogP) is 0.521. The molecule has 5 nitrogen and oxygen atoms in total. The number of nitrogens with two attached hydrogens (primary N) is 1. The predicted molar refractivity (Wildman–Crippen MR) is 51.3 cm³/mol. The zero-order valence-corrected chi connectivity index (χ0v) is 7.88. The molecule has 0 aliphatic heterocycles. The van der Waals surface area contributed by atoms with Gasteiger partial charge in [-0.15, -0.1) is 0 Å². The molecular formula is C8H8N2O3S. The number of H-pyrrole nitrogens is 1. The maximum Gasteiger partial charge on any atom is 0.253 e. The highest BCUT2D eigenvalue weighted by Crippen LogP contribution is 2.21. The first-order valence-electron chi connectivity index (χ1n) is 3.81. The van der Waals surface area contributed by atoms with E-state index in [9.17, 15) is 8.42 Å². The second-order valence-electron chi connectivity index (χ2n) is 2.95. The van der Waals surface area contributed by atoms with E-state index in [1.807, 2.05) is 0 Å². The Kier molecular flexibility index (Phi) is 1.76. The molecule has 0 aliphatic rings. The Hall–Kier alpha value is -1.53. The fourth-order valence-corrected chi connectivity index (χ4v) is 1.79.